The van der Waals surface area contributed by atoms with Crippen molar-refractivity contribution in [1.29, 1.82) is 0 Å². The summed E-state index contributed by atoms with van der Waals surface area (Å²) in [5, 5.41) is 3.14. The molecule has 1 heterocycles. The van der Waals surface area contributed by atoms with E-state index in [1.54, 1.807) is 0 Å². The van der Waals surface area contributed by atoms with E-state index < -0.39 is 0 Å². The molecule has 1 saturated heterocycles. The lowest BCUT2D eigenvalue weighted by Gasteiger charge is -2.31. The van der Waals surface area contributed by atoms with Crippen LogP contribution in [0.5, 0.6) is 0 Å². The summed E-state index contributed by atoms with van der Waals surface area (Å²) in [7, 11) is 0. The largest absolute Gasteiger partial charge is 0.356 e. The van der Waals surface area contributed by atoms with Gasteiger partial charge in [0.05, 0.1) is 0 Å². The van der Waals surface area contributed by atoms with Gasteiger partial charge in [-0.3, -0.25) is 9.69 Å². The minimum atomic E-state index is 0.172. The van der Waals surface area contributed by atoms with Crippen molar-refractivity contribution in [1.82, 2.24) is 10.2 Å². The predicted molar refractivity (Wildman–Crippen MR) is 115 cm³/mol. The molecule has 4 heteroatoms. The number of nitrogens with zero attached hydrogens (tertiary/aromatic N) is 1. The van der Waals surface area contributed by atoms with Crippen LogP contribution in [0.4, 0.5) is 0 Å². The molecule has 3 nitrogen and oxygen atoms in total. The van der Waals surface area contributed by atoms with Gasteiger partial charge >= 0.3 is 0 Å². The van der Waals surface area contributed by atoms with Gasteiger partial charge in [0.25, 0.3) is 0 Å². The average molecular weight is 429 g/mol. The second kappa shape index (κ2) is 10.0. The molecule has 0 radical (unpaired) electrons. The normalized spacial score (nSPS) is 15.6. The highest BCUT2D eigenvalue weighted by Gasteiger charge is 2.24. The topological polar surface area (TPSA) is 32.3 Å². The molecule has 0 saturated carbocycles. The number of piperidine rings is 1. The molecule has 2 aromatic carbocycles. The molecule has 27 heavy (non-hydrogen) atoms. The quantitative estimate of drug-likeness (QED) is 0.646. The summed E-state index contributed by atoms with van der Waals surface area (Å²) in [5.74, 6) is 0.410. The first-order valence-electron chi connectivity index (χ1n) is 9.90. The van der Waals surface area contributed by atoms with Crippen molar-refractivity contribution in [2.24, 2.45) is 5.92 Å². The Bertz CT molecular complexity index is 719. The maximum absolute atomic E-state index is 12.4. The molecular formula is C23H29BrN2O. The third-order valence-electron chi connectivity index (χ3n) is 5.34. The van der Waals surface area contributed by atoms with Gasteiger partial charge < -0.3 is 5.32 Å². The second-order valence-corrected chi connectivity index (χ2v) is 8.47. The predicted octanol–water partition coefficient (Wildman–Crippen LogP) is 4.72. The van der Waals surface area contributed by atoms with E-state index in [1.165, 1.54) is 16.7 Å². The monoisotopic (exact) mass is 428 g/mol. The maximum atomic E-state index is 12.4. The van der Waals surface area contributed by atoms with E-state index in [0.29, 0.717) is 0 Å². The summed E-state index contributed by atoms with van der Waals surface area (Å²) in [6.07, 6.45) is 3.93. The molecule has 144 valence electrons. The Hall–Kier alpha value is -1.65. The number of carbonyl (C=O) groups is 1. The van der Waals surface area contributed by atoms with Crippen LogP contribution in [0.15, 0.2) is 53.0 Å². The van der Waals surface area contributed by atoms with Gasteiger partial charge in [-0.1, -0.05) is 57.9 Å². The summed E-state index contributed by atoms with van der Waals surface area (Å²) < 4.78 is 1.11. The van der Waals surface area contributed by atoms with Crippen molar-refractivity contribution in [2.45, 2.75) is 39.2 Å². The summed E-state index contributed by atoms with van der Waals surface area (Å²) in [5.41, 5.74) is 3.96. The van der Waals surface area contributed by atoms with Crippen LogP contribution in [0.1, 0.15) is 36.0 Å². The van der Waals surface area contributed by atoms with E-state index in [9.17, 15) is 4.79 Å². The van der Waals surface area contributed by atoms with Crippen LogP contribution in [0.3, 0.4) is 0 Å². The first-order valence-corrected chi connectivity index (χ1v) is 10.7. The highest BCUT2D eigenvalue weighted by Crippen LogP contribution is 2.20. The van der Waals surface area contributed by atoms with Crippen molar-refractivity contribution < 1.29 is 4.79 Å². The Kier molecular flexibility index (Phi) is 7.48. The second-order valence-electron chi connectivity index (χ2n) is 7.56. The summed E-state index contributed by atoms with van der Waals surface area (Å²) in [4.78, 5) is 14.9. The Balaban J connectivity index is 1.33. The average Bonchev–Trinajstić information content (AvgIpc) is 2.69. The molecule has 0 aliphatic carbocycles. The van der Waals surface area contributed by atoms with Crippen LogP contribution < -0.4 is 5.32 Å². The minimum absolute atomic E-state index is 0.172. The van der Waals surface area contributed by atoms with Crippen molar-refractivity contribution in [3.63, 3.8) is 0 Å². The lowest BCUT2D eigenvalue weighted by atomic mass is 9.95. The van der Waals surface area contributed by atoms with Crippen molar-refractivity contribution in [2.75, 3.05) is 19.6 Å². The molecule has 0 atom stereocenters. The number of halogens is 1. The SMILES string of the molecule is Cc1ccc(CCCNC(=O)C2CCN(Cc3ccc(Br)cc3)CC2)cc1. The first-order chi connectivity index (χ1) is 13.1. The van der Waals surface area contributed by atoms with E-state index >= 15 is 0 Å². The number of benzene rings is 2. The molecular weight excluding hydrogens is 400 g/mol. The number of rotatable bonds is 7. The minimum Gasteiger partial charge on any atom is -0.356 e. The Morgan fingerprint density at radius 1 is 1.04 bits per heavy atom. The van der Waals surface area contributed by atoms with Gasteiger partial charge in [-0.25, -0.2) is 0 Å². The lowest BCUT2D eigenvalue weighted by molar-refractivity contribution is -0.126. The van der Waals surface area contributed by atoms with E-state index in [2.05, 4.69) is 81.6 Å². The summed E-state index contributed by atoms with van der Waals surface area (Å²) >= 11 is 3.48. The number of nitrogens with one attached hydrogen (secondary N) is 1. The molecule has 1 fully saturated rings. The smallest absolute Gasteiger partial charge is 0.223 e. The molecule has 0 bridgehead atoms. The molecule has 0 spiro atoms. The first kappa shape index (κ1) is 20.1. The highest BCUT2D eigenvalue weighted by atomic mass is 79.9. The molecule has 0 aromatic heterocycles. The van der Waals surface area contributed by atoms with Crippen LogP contribution in [0, 0.1) is 12.8 Å². The molecule has 0 unspecified atom stereocenters. The van der Waals surface area contributed by atoms with Gasteiger partial charge in [0, 0.05) is 23.5 Å². The molecule has 1 aliphatic rings. The Morgan fingerprint density at radius 3 is 2.33 bits per heavy atom. The number of likely N-dealkylation sites (tertiary alicyclic amines) is 1. The van der Waals surface area contributed by atoms with Gasteiger partial charge in [-0.15, -0.1) is 0 Å². The molecule has 2 aromatic rings. The summed E-state index contributed by atoms with van der Waals surface area (Å²) in [6.45, 7) is 5.84. The van der Waals surface area contributed by atoms with Crippen molar-refractivity contribution in [3.05, 3.63) is 69.7 Å². The zero-order chi connectivity index (χ0) is 19.1. The molecule has 1 aliphatic heterocycles. The van der Waals surface area contributed by atoms with Gasteiger partial charge in [0.1, 0.15) is 0 Å². The van der Waals surface area contributed by atoms with E-state index in [0.717, 1.165) is 56.3 Å². The zero-order valence-corrected chi connectivity index (χ0v) is 17.7. The van der Waals surface area contributed by atoms with E-state index in [-0.39, 0.29) is 11.8 Å². The van der Waals surface area contributed by atoms with Crippen LogP contribution >= 0.6 is 15.9 Å². The molecule has 1 amide bonds. The highest BCUT2D eigenvalue weighted by molar-refractivity contribution is 9.10. The maximum Gasteiger partial charge on any atom is 0.223 e. The summed E-state index contributed by atoms with van der Waals surface area (Å²) in [6, 6.07) is 17.2. The van der Waals surface area contributed by atoms with Crippen LogP contribution in [-0.4, -0.2) is 30.4 Å². The van der Waals surface area contributed by atoms with Gasteiger partial charge in [0.15, 0.2) is 0 Å². The Morgan fingerprint density at radius 2 is 1.67 bits per heavy atom. The number of hydrogen-bond acceptors (Lipinski definition) is 2. The fraction of sp³-hybridized carbons (Fsp3) is 0.435. The van der Waals surface area contributed by atoms with Crippen LogP contribution in [0.2, 0.25) is 0 Å². The molecule has 1 N–H and O–H groups in total. The van der Waals surface area contributed by atoms with Crippen LogP contribution in [-0.2, 0) is 17.8 Å². The fourth-order valence-corrected chi connectivity index (χ4v) is 3.87. The Labute approximate surface area is 171 Å². The number of amides is 1. The number of hydrogen-bond donors (Lipinski definition) is 1. The zero-order valence-electron chi connectivity index (χ0n) is 16.1. The third-order valence-corrected chi connectivity index (χ3v) is 5.87. The number of aryl methyl sites for hydroxylation is 2. The number of carbonyl (C=O) groups excluding carboxylic acids is 1. The van der Waals surface area contributed by atoms with Crippen molar-refractivity contribution >= 4 is 21.8 Å². The van der Waals surface area contributed by atoms with Gasteiger partial charge in [-0.2, -0.15) is 0 Å². The van der Waals surface area contributed by atoms with Crippen molar-refractivity contribution in [3.8, 4) is 0 Å². The third kappa shape index (κ3) is 6.47. The molecule has 3 rings (SSSR count). The lowest BCUT2D eigenvalue weighted by Crippen LogP contribution is -2.40. The van der Waals surface area contributed by atoms with Crippen LogP contribution in [0.25, 0.3) is 0 Å². The van der Waals surface area contributed by atoms with E-state index in [4.69, 9.17) is 0 Å². The van der Waals surface area contributed by atoms with E-state index in [1.807, 2.05) is 0 Å². The van der Waals surface area contributed by atoms with Gasteiger partial charge in [0.2, 0.25) is 5.91 Å². The standard InChI is InChI=1S/C23H29BrN2O/c1-18-4-6-19(7-5-18)3-2-14-25-23(27)21-12-15-26(16-13-21)17-20-8-10-22(24)11-9-20/h4-11,21H,2-3,12-17H2,1H3,(H,25,27). The van der Waals surface area contributed by atoms with Gasteiger partial charge in [-0.05, 0) is 69.0 Å². The fourth-order valence-electron chi connectivity index (χ4n) is 3.60.